The number of esters is 1. The van der Waals surface area contributed by atoms with E-state index in [1.807, 2.05) is 20.9 Å². The van der Waals surface area contributed by atoms with Crippen LogP contribution in [0.1, 0.15) is 26.7 Å². The third-order valence-corrected chi connectivity index (χ3v) is 3.58. The molecular formula is C14H27N3O3. The van der Waals surface area contributed by atoms with Crippen LogP contribution in [0.4, 0.5) is 0 Å². The predicted octanol–water partition coefficient (Wildman–Crippen LogP) is -0.0160. The maximum absolute atomic E-state index is 12.0. The third kappa shape index (κ3) is 5.46. The number of nitrogens with one attached hydrogen (secondary N) is 2. The van der Waals surface area contributed by atoms with E-state index in [1.54, 1.807) is 0 Å². The number of hydrogen-bond acceptors (Lipinski definition) is 5. The standard InChI is InChI=1S/C14H27N3O3/c1-10(2)7-12(14(19)20-4)16-13(18)9-17-6-5-11(8-17)15-3/h10-12,15H,5-9H2,1-4H3,(H,16,18). The van der Waals surface area contributed by atoms with E-state index in [9.17, 15) is 9.59 Å². The molecular weight excluding hydrogens is 258 g/mol. The van der Waals surface area contributed by atoms with E-state index in [1.165, 1.54) is 7.11 Å². The molecule has 2 N–H and O–H groups in total. The fraction of sp³-hybridized carbons (Fsp3) is 0.857. The van der Waals surface area contributed by atoms with Crippen LogP contribution >= 0.6 is 0 Å². The van der Waals surface area contributed by atoms with Crippen molar-refractivity contribution in [3.05, 3.63) is 0 Å². The van der Waals surface area contributed by atoms with Gasteiger partial charge in [0.2, 0.25) is 5.91 Å². The normalized spacial score (nSPS) is 20.9. The number of carbonyl (C=O) groups is 2. The van der Waals surface area contributed by atoms with Crippen LogP contribution in [0, 0.1) is 5.92 Å². The van der Waals surface area contributed by atoms with Gasteiger partial charge in [-0.1, -0.05) is 13.8 Å². The zero-order valence-corrected chi connectivity index (χ0v) is 12.9. The number of likely N-dealkylation sites (N-methyl/N-ethyl adjacent to an activating group) is 1. The molecule has 0 spiro atoms. The lowest BCUT2D eigenvalue weighted by atomic mass is 10.0. The van der Waals surface area contributed by atoms with Gasteiger partial charge >= 0.3 is 5.97 Å². The van der Waals surface area contributed by atoms with E-state index in [0.717, 1.165) is 19.5 Å². The van der Waals surface area contributed by atoms with E-state index in [0.29, 0.717) is 24.9 Å². The molecule has 1 aliphatic heterocycles. The van der Waals surface area contributed by atoms with Gasteiger partial charge in [-0.3, -0.25) is 9.69 Å². The van der Waals surface area contributed by atoms with Crippen molar-refractivity contribution in [3.8, 4) is 0 Å². The average Bonchev–Trinajstić information content (AvgIpc) is 2.84. The first-order valence-electron chi connectivity index (χ1n) is 7.23. The lowest BCUT2D eigenvalue weighted by Crippen LogP contribution is -2.46. The number of rotatable bonds is 7. The summed E-state index contributed by atoms with van der Waals surface area (Å²) in [5, 5.41) is 6.00. The summed E-state index contributed by atoms with van der Waals surface area (Å²) in [5.41, 5.74) is 0. The van der Waals surface area contributed by atoms with Crippen LogP contribution in [0.2, 0.25) is 0 Å². The highest BCUT2D eigenvalue weighted by Crippen LogP contribution is 2.09. The minimum atomic E-state index is -0.546. The van der Waals surface area contributed by atoms with Crippen molar-refractivity contribution in [2.45, 2.75) is 38.8 Å². The molecule has 6 nitrogen and oxygen atoms in total. The highest BCUT2D eigenvalue weighted by Gasteiger charge is 2.26. The molecule has 1 rings (SSSR count). The Morgan fingerprint density at radius 3 is 2.60 bits per heavy atom. The van der Waals surface area contributed by atoms with Crippen LogP contribution in [-0.4, -0.2) is 62.7 Å². The monoisotopic (exact) mass is 285 g/mol. The lowest BCUT2D eigenvalue weighted by molar-refractivity contribution is -0.145. The Hall–Kier alpha value is -1.14. The number of methoxy groups -OCH3 is 1. The van der Waals surface area contributed by atoms with Crippen molar-refractivity contribution in [1.82, 2.24) is 15.5 Å². The molecule has 2 atom stereocenters. The van der Waals surface area contributed by atoms with Crippen LogP contribution in [0.5, 0.6) is 0 Å². The quantitative estimate of drug-likeness (QED) is 0.644. The number of likely N-dealkylation sites (tertiary alicyclic amines) is 1. The van der Waals surface area contributed by atoms with Gasteiger partial charge in [0.05, 0.1) is 13.7 Å². The van der Waals surface area contributed by atoms with Gasteiger partial charge in [-0.25, -0.2) is 4.79 Å². The molecule has 116 valence electrons. The van der Waals surface area contributed by atoms with E-state index in [4.69, 9.17) is 4.74 Å². The average molecular weight is 285 g/mol. The molecule has 0 aromatic carbocycles. The third-order valence-electron chi connectivity index (χ3n) is 3.58. The second-order valence-corrected chi connectivity index (χ2v) is 5.78. The van der Waals surface area contributed by atoms with Gasteiger partial charge in [-0.05, 0) is 25.8 Å². The topological polar surface area (TPSA) is 70.7 Å². The Bertz CT molecular complexity index is 334. The lowest BCUT2D eigenvalue weighted by Gasteiger charge is -2.21. The van der Waals surface area contributed by atoms with E-state index in [-0.39, 0.29) is 11.9 Å². The second kappa shape index (κ2) is 8.21. The summed E-state index contributed by atoms with van der Waals surface area (Å²) >= 11 is 0. The van der Waals surface area contributed by atoms with Crippen LogP contribution in [0.3, 0.4) is 0 Å². The fourth-order valence-corrected chi connectivity index (χ4v) is 2.48. The summed E-state index contributed by atoms with van der Waals surface area (Å²) in [6, 6.07) is -0.0925. The Balaban J connectivity index is 2.43. The molecule has 1 amide bonds. The zero-order valence-electron chi connectivity index (χ0n) is 12.9. The molecule has 1 aliphatic rings. The van der Waals surface area contributed by atoms with Gasteiger partial charge in [0.15, 0.2) is 0 Å². The van der Waals surface area contributed by atoms with Crippen molar-refractivity contribution in [2.75, 3.05) is 33.8 Å². The maximum Gasteiger partial charge on any atom is 0.328 e. The van der Waals surface area contributed by atoms with Crippen molar-refractivity contribution in [1.29, 1.82) is 0 Å². The molecule has 0 aliphatic carbocycles. The molecule has 1 fully saturated rings. The van der Waals surface area contributed by atoms with Gasteiger partial charge in [0.25, 0.3) is 0 Å². The number of ether oxygens (including phenoxy) is 1. The Labute approximate surface area is 121 Å². The van der Waals surface area contributed by atoms with Gasteiger partial charge in [0.1, 0.15) is 6.04 Å². The summed E-state index contributed by atoms with van der Waals surface area (Å²) in [7, 11) is 3.28. The van der Waals surface area contributed by atoms with E-state index < -0.39 is 6.04 Å². The van der Waals surface area contributed by atoms with Gasteiger partial charge in [0, 0.05) is 19.1 Å². The highest BCUT2D eigenvalue weighted by molar-refractivity contribution is 5.85. The first kappa shape index (κ1) is 16.9. The van der Waals surface area contributed by atoms with Crippen LogP contribution in [0.15, 0.2) is 0 Å². The van der Waals surface area contributed by atoms with Crippen LogP contribution in [0.25, 0.3) is 0 Å². The Kier molecular flexibility index (Phi) is 6.95. The molecule has 2 unspecified atom stereocenters. The predicted molar refractivity (Wildman–Crippen MR) is 77.3 cm³/mol. The second-order valence-electron chi connectivity index (χ2n) is 5.78. The number of nitrogens with zero attached hydrogens (tertiary/aromatic N) is 1. The van der Waals surface area contributed by atoms with Crippen molar-refractivity contribution in [3.63, 3.8) is 0 Å². The minimum absolute atomic E-state index is 0.113. The SMILES string of the molecule is CNC1CCN(CC(=O)NC(CC(C)C)C(=O)OC)C1. The first-order valence-corrected chi connectivity index (χ1v) is 7.23. The zero-order chi connectivity index (χ0) is 15.1. The van der Waals surface area contributed by atoms with Gasteiger partial charge < -0.3 is 15.4 Å². The van der Waals surface area contributed by atoms with Gasteiger partial charge in [-0.2, -0.15) is 0 Å². The summed E-state index contributed by atoms with van der Waals surface area (Å²) < 4.78 is 4.74. The van der Waals surface area contributed by atoms with Gasteiger partial charge in [-0.15, -0.1) is 0 Å². The van der Waals surface area contributed by atoms with Crippen molar-refractivity contribution < 1.29 is 14.3 Å². The van der Waals surface area contributed by atoms with E-state index in [2.05, 4.69) is 15.5 Å². The summed E-state index contributed by atoms with van der Waals surface area (Å²) in [5.74, 6) is -0.167. The first-order chi connectivity index (χ1) is 9.46. The largest absolute Gasteiger partial charge is 0.467 e. The summed E-state index contributed by atoms with van der Waals surface area (Å²) in [4.78, 5) is 25.8. The molecule has 0 aromatic heterocycles. The highest BCUT2D eigenvalue weighted by atomic mass is 16.5. The number of carbonyl (C=O) groups excluding carboxylic acids is 2. The number of amides is 1. The maximum atomic E-state index is 12.0. The van der Waals surface area contributed by atoms with Crippen molar-refractivity contribution >= 4 is 11.9 Å². The van der Waals surface area contributed by atoms with Crippen molar-refractivity contribution in [2.24, 2.45) is 5.92 Å². The fourth-order valence-electron chi connectivity index (χ4n) is 2.48. The molecule has 1 heterocycles. The van der Waals surface area contributed by atoms with Crippen LogP contribution < -0.4 is 10.6 Å². The molecule has 0 saturated carbocycles. The number of hydrogen-bond donors (Lipinski definition) is 2. The van der Waals surface area contributed by atoms with E-state index >= 15 is 0 Å². The Morgan fingerprint density at radius 1 is 1.40 bits per heavy atom. The molecule has 6 heteroatoms. The summed E-state index contributed by atoms with van der Waals surface area (Å²) in [6.45, 7) is 6.15. The Morgan fingerprint density at radius 2 is 2.10 bits per heavy atom. The molecule has 0 bridgehead atoms. The van der Waals surface area contributed by atoms with Crippen LogP contribution in [-0.2, 0) is 14.3 Å². The molecule has 1 saturated heterocycles. The summed E-state index contributed by atoms with van der Waals surface area (Å²) in [6.07, 6.45) is 1.65. The minimum Gasteiger partial charge on any atom is -0.467 e. The molecule has 20 heavy (non-hydrogen) atoms. The molecule has 0 radical (unpaired) electrons. The molecule has 0 aromatic rings. The smallest absolute Gasteiger partial charge is 0.328 e.